The van der Waals surface area contributed by atoms with Crippen LogP contribution in [0.5, 0.6) is 0 Å². The SMILES string of the molecule is CC[C@]1(O)CCC[C@H]2CN(C(=O)c3sccc3C)C[C@H]21. The first-order chi connectivity index (χ1) is 9.55. The smallest absolute Gasteiger partial charge is 0.264 e. The summed E-state index contributed by atoms with van der Waals surface area (Å²) in [5, 5.41) is 12.8. The van der Waals surface area contributed by atoms with Gasteiger partial charge in [0.05, 0.1) is 10.5 Å². The molecule has 0 radical (unpaired) electrons. The number of nitrogens with zero attached hydrogens (tertiary/aromatic N) is 1. The van der Waals surface area contributed by atoms with Crippen LogP contribution in [0.1, 0.15) is 47.8 Å². The van der Waals surface area contributed by atoms with Gasteiger partial charge in [-0.3, -0.25) is 4.79 Å². The van der Waals surface area contributed by atoms with Crippen LogP contribution in [0.4, 0.5) is 0 Å². The first-order valence-electron chi connectivity index (χ1n) is 7.61. The van der Waals surface area contributed by atoms with Crippen LogP contribution in [0.3, 0.4) is 0 Å². The van der Waals surface area contributed by atoms with E-state index in [0.29, 0.717) is 5.92 Å². The molecule has 1 aliphatic carbocycles. The molecule has 0 unspecified atom stereocenters. The molecule has 110 valence electrons. The van der Waals surface area contributed by atoms with E-state index in [0.717, 1.165) is 49.2 Å². The molecule has 2 fully saturated rings. The second-order valence-corrected chi connectivity index (χ2v) is 7.27. The van der Waals surface area contributed by atoms with Crippen molar-refractivity contribution < 1.29 is 9.90 Å². The summed E-state index contributed by atoms with van der Waals surface area (Å²) in [6.07, 6.45) is 3.94. The first-order valence-corrected chi connectivity index (χ1v) is 8.49. The first kappa shape index (κ1) is 14.1. The third-order valence-electron chi connectivity index (χ3n) is 5.27. The van der Waals surface area contributed by atoms with E-state index in [1.54, 1.807) is 0 Å². The van der Waals surface area contributed by atoms with Gasteiger partial charge in [-0.1, -0.05) is 13.3 Å². The third kappa shape index (κ3) is 2.19. The van der Waals surface area contributed by atoms with Gasteiger partial charge in [0.15, 0.2) is 0 Å². The van der Waals surface area contributed by atoms with E-state index in [9.17, 15) is 9.90 Å². The van der Waals surface area contributed by atoms with E-state index in [1.165, 1.54) is 11.3 Å². The Morgan fingerprint density at radius 3 is 3.00 bits per heavy atom. The molecule has 3 atom stereocenters. The van der Waals surface area contributed by atoms with Gasteiger partial charge in [0.25, 0.3) is 5.91 Å². The summed E-state index contributed by atoms with van der Waals surface area (Å²) in [6, 6.07) is 2.00. The summed E-state index contributed by atoms with van der Waals surface area (Å²) < 4.78 is 0. The lowest BCUT2D eigenvalue weighted by Crippen LogP contribution is -2.44. The van der Waals surface area contributed by atoms with Gasteiger partial charge in [-0.2, -0.15) is 0 Å². The summed E-state index contributed by atoms with van der Waals surface area (Å²) in [4.78, 5) is 15.5. The molecule has 1 saturated heterocycles. The second kappa shape index (κ2) is 5.15. The highest BCUT2D eigenvalue weighted by molar-refractivity contribution is 7.12. The third-order valence-corrected chi connectivity index (χ3v) is 6.28. The van der Waals surface area contributed by atoms with Crippen molar-refractivity contribution in [1.82, 2.24) is 4.90 Å². The molecule has 0 spiro atoms. The number of carbonyl (C=O) groups is 1. The average Bonchev–Trinajstić information content (AvgIpc) is 3.05. The molecular weight excluding hydrogens is 270 g/mol. The molecule has 1 aliphatic heterocycles. The van der Waals surface area contributed by atoms with Crippen LogP contribution >= 0.6 is 11.3 Å². The zero-order chi connectivity index (χ0) is 14.3. The summed E-state index contributed by atoms with van der Waals surface area (Å²) in [7, 11) is 0. The summed E-state index contributed by atoms with van der Waals surface area (Å²) in [5.41, 5.74) is 0.517. The number of rotatable bonds is 2. The molecule has 0 aromatic carbocycles. The maximum atomic E-state index is 12.6. The van der Waals surface area contributed by atoms with E-state index in [-0.39, 0.29) is 11.8 Å². The Hall–Kier alpha value is -0.870. The van der Waals surface area contributed by atoms with Gasteiger partial charge in [0.2, 0.25) is 0 Å². The number of hydrogen-bond donors (Lipinski definition) is 1. The largest absolute Gasteiger partial charge is 0.390 e. The number of carbonyl (C=O) groups excluding carboxylic acids is 1. The monoisotopic (exact) mass is 293 g/mol. The standard InChI is InChI=1S/C16H23NO2S/c1-3-16(19)7-4-5-12-9-17(10-13(12)16)15(18)14-11(2)6-8-20-14/h6,8,12-13,19H,3-5,7,9-10H2,1-2H3/t12-,13+,16-/m0/s1. The number of thiophene rings is 1. The molecule has 2 aliphatic rings. The van der Waals surface area contributed by atoms with E-state index < -0.39 is 5.60 Å². The summed E-state index contributed by atoms with van der Waals surface area (Å²) >= 11 is 1.53. The van der Waals surface area contributed by atoms with E-state index >= 15 is 0 Å². The minimum Gasteiger partial charge on any atom is -0.390 e. The molecule has 1 aromatic heterocycles. The molecule has 20 heavy (non-hydrogen) atoms. The summed E-state index contributed by atoms with van der Waals surface area (Å²) in [6.45, 7) is 5.61. The van der Waals surface area contributed by atoms with Crippen LogP contribution in [0, 0.1) is 18.8 Å². The highest BCUT2D eigenvalue weighted by Gasteiger charge is 2.48. The number of hydrogen-bond acceptors (Lipinski definition) is 3. The predicted molar refractivity (Wildman–Crippen MR) is 81.0 cm³/mol. The molecule has 1 amide bonds. The van der Waals surface area contributed by atoms with Crippen LogP contribution < -0.4 is 0 Å². The Kier molecular flexibility index (Phi) is 3.63. The van der Waals surface area contributed by atoms with Gasteiger partial charge >= 0.3 is 0 Å². The van der Waals surface area contributed by atoms with Gasteiger partial charge in [-0.25, -0.2) is 0 Å². The molecule has 2 heterocycles. The lowest BCUT2D eigenvalue weighted by Gasteiger charge is -2.40. The van der Waals surface area contributed by atoms with Crippen molar-refractivity contribution in [2.24, 2.45) is 11.8 Å². The van der Waals surface area contributed by atoms with E-state index in [1.807, 2.05) is 23.3 Å². The average molecular weight is 293 g/mol. The molecule has 0 bridgehead atoms. The van der Waals surface area contributed by atoms with Gasteiger partial charge in [-0.15, -0.1) is 11.3 Å². The minimum absolute atomic E-state index is 0.158. The van der Waals surface area contributed by atoms with Crippen molar-refractivity contribution in [2.75, 3.05) is 13.1 Å². The van der Waals surface area contributed by atoms with E-state index in [4.69, 9.17) is 0 Å². The minimum atomic E-state index is -0.553. The molecule has 1 N–H and O–H groups in total. The van der Waals surface area contributed by atoms with Crippen LogP contribution in [0.2, 0.25) is 0 Å². The summed E-state index contributed by atoms with van der Waals surface area (Å²) in [5.74, 6) is 0.911. The van der Waals surface area contributed by atoms with Crippen molar-refractivity contribution in [3.8, 4) is 0 Å². The number of amides is 1. The fraction of sp³-hybridized carbons (Fsp3) is 0.688. The van der Waals surface area contributed by atoms with Gasteiger partial charge in [-0.05, 0) is 49.1 Å². The molecule has 4 heteroatoms. The Balaban J connectivity index is 1.79. The zero-order valence-electron chi connectivity index (χ0n) is 12.3. The Morgan fingerprint density at radius 1 is 1.55 bits per heavy atom. The van der Waals surface area contributed by atoms with Gasteiger partial charge in [0, 0.05) is 19.0 Å². The molecule has 1 saturated carbocycles. The molecule has 3 rings (SSSR count). The van der Waals surface area contributed by atoms with Crippen LogP contribution in [-0.4, -0.2) is 34.6 Å². The lowest BCUT2D eigenvalue weighted by molar-refractivity contribution is -0.0609. The second-order valence-electron chi connectivity index (χ2n) is 6.36. The topological polar surface area (TPSA) is 40.5 Å². The van der Waals surface area contributed by atoms with Gasteiger partial charge < -0.3 is 10.0 Å². The molecular formula is C16H23NO2S. The van der Waals surface area contributed by atoms with Crippen molar-refractivity contribution in [3.63, 3.8) is 0 Å². The fourth-order valence-corrected chi connectivity index (χ4v) is 4.86. The Labute approximate surface area is 124 Å². The lowest BCUT2D eigenvalue weighted by atomic mass is 9.69. The van der Waals surface area contributed by atoms with Crippen LogP contribution in [0.15, 0.2) is 11.4 Å². The van der Waals surface area contributed by atoms with Crippen molar-refractivity contribution in [3.05, 3.63) is 21.9 Å². The number of fused-ring (bicyclic) bond motifs is 1. The fourth-order valence-electron chi connectivity index (χ4n) is 3.97. The number of aryl methyl sites for hydroxylation is 1. The maximum absolute atomic E-state index is 12.6. The number of likely N-dealkylation sites (tertiary alicyclic amines) is 1. The Bertz CT molecular complexity index is 512. The zero-order valence-corrected chi connectivity index (χ0v) is 13.1. The Morgan fingerprint density at radius 2 is 2.35 bits per heavy atom. The quantitative estimate of drug-likeness (QED) is 0.910. The van der Waals surface area contributed by atoms with Gasteiger partial charge in [0.1, 0.15) is 0 Å². The maximum Gasteiger partial charge on any atom is 0.264 e. The van der Waals surface area contributed by atoms with Crippen molar-refractivity contribution in [2.45, 2.75) is 45.1 Å². The molecule has 1 aromatic rings. The molecule has 3 nitrogen and oxygen atoms in total. The van der Waals surface area contributed by atoms with E-state index in [2.05, 4.69) is 6.92 Å². The van der Waals surface area contributed by atoms with Crippen LogP contribution in [0.25, 0.3) is 0 Å². The van der Waals surface area contributed by atoms with Crippen LogP contribution in [-0.2, 0) is 0 Å². The normalized spacial score (nSPS) is 33.2. The highest BCUT2D eigenvalue weighted by Crippen LogP contribution is 2.44. The predicted octanol–water partition coefficient (Wildman–Crippen LogP) is 3.07. The highest BCUT2D eigenvalue weighted by atomic mass is 32.1. The van der Waals surface area contributed by atoms with Crippen molar-refractivity contribution >= 4 is 17.2 Å². The number of aliphatic hydroxyl groups is 1. The van der Waals surface area contributed by atoms with Crippen molar-refractivity contribution in [1.29, 1.82) is 0 Å².